The summed E-state index contributed by atoms with van der Waals surface area (Å²) in [6.07, 6.45) is 14.8. The molecular weight excluding hydrogens is 217 g/mol. The van der Waals surface area contributed by atoms with Crippen molar-refractivity contribution in [1.29, 1.82) is 0 Å². The van der Waals surface area contributed by atoms with Gasteiger partial charge in [-0.15, -0.1) is 0 Å². The Balaban J connectivity index is 2.76. The van der Waals surface area contributed by atoms with Crippen LogP contribution in [0.3, 0.4) is 0 Å². The number of hydrogen-bond donors (Lipinski definition) is 0. The molecule has 0 aliphatic heterocycles. The summed E-state index contributed by atoms with van der Waals surface area (Å²) in [5.41, 5.74) is 0. The van der Waals surface area contributed by atoms with Crippen molar-refractivity contribution in [2.75, 3.05) is 0 Å². The normalized spacial score (nSPS) is 10.8. The fraction of sp³-hybridized carbons (Fsp3) is 1.00. The predicted octanol–water partition coefficient (Wildman–Crippen LogP) is 3.69. The van der Waals surface area contributed by atoms with Crippen LogP contribution in [0.4, 0.5) is 0 Å². The second-order valence-corrected chi connectivity index (χ2v) is 6.28. The van der Waals surface area contributed by atoms with Crippen molar-refractivity contribution in [3.63, 3.8) is 0 Å². The van der Waals surface area contributed by atoms with Crippen molar-refractivity contribution in [3.05, 3.63) is 0 Å². The molecule has 0 aromatic heterocycles. The molecule has 80 valence electrons. The maximum absolute atomic E-state index is 2.29. The predicted molar refractivity (Wildman–Crippen MR) is 66.6 cm³/mol. The van der Waals surface area contributed by atoms with Gasteiger partial charge in [0.2, 0.25) is 0 Å². The van der Waals surface area contributed by atoms with Gasteiger partial charge in [0.05, 0.1) is 0 Å². The van der Waals surface area contributed by atoms with Crippen LogP contribution in [-0.2, 0) is 0 Å². The first kappa shape index (κ1) is 13.5. The van der Waals surface area contributed by atoms with E-state index in [1.54, 1.807) is 5.25 Å². The molecule has 0 N–H and O–H groups in total. The Morgan fingerprint density at radius 2 is 1.00 bits per heavy atom. The molecule has 0 saturated heterocycles. The molecule has 0 fully saturated rings. The molecule has 0 heterocycles. The van der Waals surface area contributed by atoms with Gasteiger partial charge in [0.15, 0.2) is 0 Å². The summed E-state index contributed by atoms with van der Waals surface area (Å²) < 4.78 is 0. The molecule has 0 aromatic carbocycles. The van der Waals surface area contributed by atoms with Crippen LogP contribution in [0.15, 0.2) is 0 Å². The molecule has 0 aliphatic rings. The van der Waals surface area contributed by atoms with E-state index in [-0.39, 0.29) is 0 Å². The summed E-state index contributed by atoms with van der Waals surface area (Å²) in [7, 11) is 0. The van der Waals surface area contributed by atoms with Crippen molar-refractivity contribution in [1.82, 2.24) is 0 Å². The van der Waals surface area contributed by atoms with Gasteiger partial charge in [0, 0.05) is 0 Å². The van der Waals surface area contributed by atoms with Crippen LogP contribution in [0, 0.1) is 0 Å². The summed E-state index contributed by atoms with van der Waals surface area (Å²) >= 11 is 1.10. The zero-order valence-electron chi connectivity index (χ0n) is 9.78. The van der Waals surface area contributed by atoms with E-state index in [1.165, 1.54) is 64.2 Å². The second kappa shape index (κ2) is 12.5. The topological polar surface area (TPSA) is 0 Å². The van der Waals surface area contributed by atoms with Crippen LogP contribution >= 0.6 is 0 Å². The minimum atomic E-state index is 1.10. The zero-order valence-corrected chi connectivity index (χ0v) is 14.0. The summed E-state index contributed by atoms with van der Waals surface area (Å²) in [5, 5.41) is 1.56. The van der Waals surface area contributed by atoms with E-state index in [4.69, 9.17) is 0 Å². The Morgan fingerprint density at radius 3 is 1.38 bits per heavy atom. The molecule has 0 aliphatic carbocycles. The quantitative estimate of drug-likeness (QED) is 0.406. The Bertz CT molecular complexity index is 71.2. The van der Waals surface area contributed by atoms with Crippen molar-refractivity contribution >= 4 is 16.5 Å². The van der Waals surface area contributed by atoms with Gasteiger partial charge in [-0.2, -0.15) is 0 Å². The van der Waals surface area contributed by atoms with Crippen LogP contribution in [0.1, 0.15) is 71.1 Å². The molecular formula is C12H28Ge. The molecule has 0 radical (unpaired) electrons. The fourth-order valence-corrected chi connectivity index (χ4v) is 2.79. The first-order valence-electron chi connectivity index (χ1n) is 6.41. The Hall–Kier alpha value is 0.543. The molecule has 0 spiro atoms. The van der Waals surface area contributed by atoms with Gasteiger partial charge >= 0.3 is 92.9 Å². The van der Waals surface area contributed by atoms with E-state index in [2.05, 4.69) is 6.92 Å². The molecule has 0 unspecified atom stereocenters. The van der Waals surface area contributed by atoms with E-state index in [0.29, 0.717) is 0 Å². The van der Waals surface area contributed by atoms with Gasteiger partial charge in [-0.3, -0.25) is 0 Å². The molecule has 13 heavy (non-hydrogen) atoms. The summed E-state index contributed by atoms with van der Waals surface area (Å²) in [6.45, 7) is 2.29. The van der Waals surface area contributed by atoms with Crippen LogP contribution < -0.4 is 0 Å². The van der Waals surface area contributed by atoms with Crippen LogP contribution in [0.2, 0.25) is 5.25 Å². The third-order valence-electron chi connectivity index (χ3n) is 2.71. The SMILES string of the molecule is CCCCCCCCCCC[CH2][GeH3]. The first-order valence-corrected chi connectivity index (χ1v) is 9.38. The van der Waals surface area contributed by atoms with Gasteiger partial charge in [-0.05, 0) is 0 Å². The summed E-state index contributed by atoms with van der Waals surface area (Å²) in [4.78, 5) is 0. The second-order valence-electron chi connectivity index (χ2n) is 4.18. The molecule has 0 amide bonds. The standard InChI is InChI=1S/C12H28Ge/c1-2-3-4-5-6-7-8-9-10-11-12-13/h2-12H2,1,13H3. The van der Waals surface area contributed by atoms with E-state index in [1.807, 2.05) is 0 Å². The Labute approximate surface area is 93.1 Å². The average Bonchev–Trinajstić information content (AvgIpc) is 2.16. The number of unbranched alkanes of at least 4 members (excludes halogenated alkanes) is 9. The molecule has 0 nitrogen and oxygen atoms in total. The number of rotatable bonds is 10. The van der Waals surface area contributed by atoms with Gasteiger partial charge in [0.25, 0.3) is 0 Å². The van der Waals surface area contributed by atoms with E-state index in [0.717, 1.165) is 16.5 Å². The summed E-state index contributed by atoms with van der Waals surface area (Å²) in [5.74, 6) is 0. The van der Waals surface area contributed by atoms with Gasteiger partial charge < -0.3 is 0 Å². The van der Waals surface area contributed by atoms with Gasteiger partial charge in [-0.25, -0.2) is 0 Å². The maximum atomic E-state index is 2.29. The van der Waals surface area contributed by atoms with Crippen LogP contribution in [0.25, 0.3) is 0 Å². The minimum absolute atomic E-state index is 1.10. The van der Waals surface area contributed by atoms with E-state index < -0.39 is 0 Å². The summed E-state index contributed by atoms with van der Waals surface area (Å²) in [6, 6.07) is 0. The molecule has 0 aromatic rings. The van der Waals surface area contributed by atoms with Gasteiger partial charge in [0.1, 0.15) is 0 Å². The molecule has 0 atom stereocenters. The third-order valence-corrected chi connectivity index (χ3v) is 4.19. The van der Waals surface area contributed by atoms with Crippen LogP contribution in [0.5, 0.6) is 0 Å². The van der Waals surface area contributed by atoms with Crippen molar-refractivity contribution in [2.45, 2.75) is 76.4 Å². The van der Waals surface area contributed by atoms with E-state index >= 15 is 0 Å². The Morgan fingerprint density at radius 1 is 0.615 bits per heavy atom. The van der Waals surface area contributed by atoms with Crippen molar-refractivity contribution in [3.8, 4) is 0 Å². The first-order chi connectivity index (χ1) is 6.41. The zero-order chi connectivity index (χ0) is 9.78. The van der Waals surface area contributed by atoms with Crippen LogP contribution in [-0.4, -0.2) is 16.5 Å². The third kappa shape index (κ3) is 12.5. The molecule has 1 heteroatoms. The molecule has 0 saturated carbocycles. The molecule has 0 bridgehead atoms. The molecule has 0 rings (SSSR count). The van der Waals surface area contributed by atoms with E-state index in [9.17, 15) is 0 Å². The van der Waals surface area contributed by atoms with Crippen molar-refractivity contribution in [2.24, 2.45) is 0 Å². The Kier molecular flexibility index (Phi) is 13.1. The monoisotopic (exact) mass is 246 g/mol. The van der Waals surface area contributed by atoms with Crippen molar-refractivity contribution < 1.29 is 0 Å². The number of hydrogen-bond acceptors (Lipinski definition) is 0. The van der Waals surface area contributed by atoms with Gasteiger partial charge in [-0.1, -0.05) is 0 Å². The average molecular weight is 245 g/mol. The fourth-order valence-electron chi connectivity index (χ4n) is 1.74.